The van der Waals surface area contributed by atoms with Crippen molar-refractivity contribution in [3.63, 3.8) is 0 Å². The standard InChI is InChI=1S/C56H35N3/c1-2-11-40-32-42(25-24-36(40)10-1)43-28-31-54-51(34-43)48-16-7-8-19-53(48)59(54)45-29-26-38(27-30-45)37-20-22-39(23-21-37)41-12-9-13-44(33-41)52-35-57-55-49-17-5-3-14-46(49)47-15-4-6-18-50(47)56(55)58-52/h1-35H. The fourth-order valence-corrected chi connectivity index (χ4v) is 9.08. The van der Waals surface area contributed by atoms with Crippen LogP contribution in [0.3, 0.4) is 0 Å². The number of para-hydroxylation sites is 1. The van der Waals surface area contributed by atoms with Crippen LogP contribution in [-0.4, -0.2) is 14.5 Å². The minimum Gasteiger partial charge on any atom is -0.309 e. The van der Waals surface area contributed by atoms with E-state index in [2.05, 4.69) is 211 Å². The molecule has 274 valence electrons. The van der Waals surface area contributed by atoms with Gasteiger partial charge in [-0.05, 0) is 97.4 Å². The molecule has 0 unspecified atom stereocenters. The van der Waals surface area contributed by atoms with Crippen LogP contribution >= 0.6 is 0 Å². The highest BCUT2D eigenvalue weighted by atomic mass is 15.0. The summed E-state index contributed by atoms with van der Waals surface area (Å²) >= 11 is 0. The number of hydrogen-bond acceptors (Lipinski definition) is 2. The molecule has 2 aromatic heterocycles. The van der Waals surface area contributed by atoms with Crippen molar-refractivity contribution in [2.75, 3.05) is 0 Å². The van der Waals surface area contributed by atoms with Gasteiger partial charge in [-0.25, -0.2) is 4.98 Å². The molecule has 0 saturated carbocycles. The van der Waals surface area contributed by atoms with Gasteiger partial charge in [-0.2, -0.15) is 0 Å². The van der Waals surface area contributed by atoms with Crippen LogP contribution < -0.4 is 0 Å². The summed E-state index contributed by atoms with van der Waals surface area (Å²) in [5.41, 5.74) is 14.4. The predicted molar refractivity (Wildman–Crippen MR) is 248 cm³/mol. The molecule has 59 heavy (non-hydrogen) atoms. The van der Waals surface area contributed by atoms with Crippen molar-refractivity contribution in [3.05, 3.63) is 212 Å². The summed E-state index contributed by atoms with van der Waals surface area (Å²) in [4.78, 5) is 10.2. The molecule has 0 aliphatic heterocycles. The highest BCUT2D eigenvalue weighted by Gasteiger charge is 2.15. The van der Waals surface area contributed by atoms with Crippen molar-refractivity contribution >= 4 is 65.2 Å². The molecule has 0 aliphatic carbocycles. The molecule has 0 bridgehead atoms. The summed E-state index contributed by atoms with van der Waals surface area (Å²) in [6, 6.07) is 74.4. The number of nitrogens with zero attached hydrogens (tertiary/aromatic N) is 3. The maximum atomic E-state index is 5.23. The first-order valence-electron chi connectivity index (χ1n) is 20.1. The third-order valence-corrected chi connectivity index (χ3v) is 12.0. The molecule has 12 aromatic rings. The van der Waals surface area contributed by atoms with Crippen LogP contribution in [0.25, 0.3) is 115 Å². The molecule has 10 aromatic carbocycles. The lowest BCUT2D eigenvalue weighted by atomic mass is 9.98. The third-order valence-electron chi connectivity index (χ3n) is 12.0. The third kappa shape index (κ3) is 5.51. The summed E-state index contributed by atoms with van der Waals surface area (Å²) < 4.78 is 2.39. The topological polar surface area (TPSA) is 30.7 Å². The van der Waals surface area contributed by atoms with Gasteiger partial charge in [0.05, 0.1) is 34.0 Å². The SMILES string of the molecule is c1cc(-c2ccc(-c3ccc(-n4c5ccccc5c5cc(-c6ccc7ccccc7c6)ccc54)cc3)cc2)cc(-c2cnc3c4ccccc4c4ccccc4c3n2)c1. The fourth-order valence-electron chi connectivity index (χ4n) is 9.08. The van der Waals surface area contributed by atoms with Crippen LogP contribution in [0, 0.1) is 0 Å². The van der Waals surface area contributed by atoms with Crippen molar-refractivity contribution in [1.29, 1.82) is 0 Å². The van der Waals surface area contributed by atoms with E-state index >= 15 is 0 Å². The van der Waals surface area contributed by atoms with Gasteiger partial charge < -0.3 is 4.57 Å². The van der Waals surface area contributed by atoms with Crippen molar-refractivity contribution in [3.8, 4) is 50.3 Å². The number of hydrogen-bond donors (Lipinski definition) is 0. The Hall–Kier alpha value is -7.88. The molecule has 0 N–H and O–H groups in total. The number of rotatable bonds is 5. The van der Waals surface area contributed by atoms with E-state index < -0.39 is 0 Å². The minimum atomic E-state index is 0.866. The molecule has 3 heteroatoms. The largest absolute Gasteiger partial charge is 0.309 e. The maximum absolute atomic E-state index is 5.23. The smallest absolute Gasteiger partial charge is 0.0979 e. The summed E-state index contributed by atoms with van der Waals surface area (Å²) in [7, 11) is 0. The van der Waals surface area contributed by atoms with Crippen LogP contribution in [0.1, 0.15) is 0 Å². The Bertz CT molecular complexity index is 3560. The second-order valence-corrected chi connectivity index (χ2v) is 15.4. The quantitative estimate of drug-likeness (QED) is 0.164. The van der Waals surface area contributed by atoms with Gasteiger partial charge >= 0.3 is 0 Å². The second kappa shape index (κ2) is 13.4. The van der Waals surface area contributed by atoms with E-state index in [4.69, 9.17) is 9.97 Å². The Morgan fingerprint density at radius 3 is 1.59 bits per heavy atom. The molecule has 0 fully saturated rings. The summed E-state index contributed by atoms with van der Waals surface area (Å²) in [6.07, 6.45) is 1.91. The van der Waals surface area contributed by atoms with Crippen LogP contribution in [0.2, 0.25) is 0 Å². The van der Waals surface area contributed by atoms with E-state index in [9.17, 15) is 0 Å². The van der Waals surface area contributed by atoms with Gasteiger partial charge in [-0.15, -0.1) is 0 Å². The zero-order valence-electron chi connectivity index (χ0n) is 32.0. The van der Waals surface area contributed by atoms with E-state index in [0.717, 1.165) is 49.9 Å². The van der Waals surface area contributed by atoms with Gasteiger partial charge in [0.2, 0.25) is 0 Å². The van der Waals surface area contributed by atoms with Gasteiger partial charge in [-0.1, -0.05) is 164 Å². The fraction of sp³-hybridized carbons (Fsp3) is 0. The minimum absolute atomic E-state index is 0.866. The molecule has 2 heterocycles. The van der Waals surface area contributed by atoms with E-state index in [1.807, 2.05) is 6.20 Å². The van der Waals surface area contributed by atoms with E-state index in [-0.39, 0.29) is 0 Å². The molecule has 12 rings (SSSR count). The van der Waals surface area contributed by atoms with Gasteiger partial charge in [0.1, 0.15) is 0 Å². The molecule has 0 saturated heterocycles. The van der Waals surface area contributed by atoms with Crippen LogP contribution in [0.15, 0.2) is 212 Å². The lowest BCUT2D eigenvalue weighted by Gasteiger charge is -2.11. The first-order chi connectivity index (χ1) is 29.2. The van der Waals surface area contributed by atoms with Crippen molar-refractivity contribution < 1.29 is 0 Å². The van der Waals surface area contributed by atoms with Crippen molar-refractivity contribution in [2.45, 2.75) is 0 Å². The Morgan fingerprint density at radius 2 is 0.831 bits per heavy atom. The molecule has 0 spiro atoms. The van der Waals surface area contributed by atoms with Gasteiger partial charge in [0.25, 0.3) is 0 Å². The van der Waals surface area contributed by atoms with Crippen molar-refractivity contribution in [2.24, 2.45) is 0 Å². The normalized spacial score (nSPS) is 11.7. The van der Waals surface area contributed by atoms with Gasteiger partial charge in [0.15, 0.2) is 0 Å². The summed E-state index contributed by atoms with van der Waals surface area (Å²) in [6.45, 7) is 0. The molecular weight excluding hydrogens is 715 g/mol. The predicted octanol–water partition coefficient (Wildman–Crippen LogP) is 14.9. The Morgan fingerprint density at radius 1 is 0.305 bits per heavy atom. The zero-order chi connectivity index (χ0) is 38.9. The molecular formula is C56H35N3. The van der Waals surface area contributed by atoms with Crippen LogP contribution in [0.5, 0.6) is 0 Å². The number of benzene rings is 10. The molecule has 0 aliphatic rings. The van der Waals surface area contributed by atoms with E-state index in [1.54, 1.807) is 0 Å². The zero-order valence-corrected chi connectivity index (χ0v) is 32.0. The monoisotopic (exact) mass is 749 g/mol. The lowest BCUT2D eigenvalue weighted by Crippen LogP contribution is -1.93. The highest BCUT2D eigenvalue weighted by Crippen LogP contribution is 2.38. The van der Waals surface area contributed by atoms with Crippen LogP contribution in [-0.2, 0) is 0 Å². The maximum Gasteiger partial charge on any atom is 0.0979 e. The summed E-state index contributed by atoms with van der Waals surface area (Å²) in [5.74, 6) is 0. The lowest BCUT2D eigenvalue weighted by molar-refractivity contribution is 1.18. The van der Waals surface area contributed by atoms with E-state index in [1.165, 1.54) is 65.6 Å². The molecule has 0 amide bonds. The number of fused-ring (bicyclic) bond motifs is 10. The highest BCUT2D eigenvalue weighted by molar-refractivity contribution is 6.23. The second-order valence-electron chi connectivity index (χ2n) is 15.4. The average Bonchev–Trinajstić information content (AvgIpc) is 3.65. The Kier molecular flexibility index (Phi) is 7.54. The first-order valence-corrected chi connectivity index (χ1v) is 20.1. The molecule has 0 radical (unpaired) electrons. The Labute approximate surface area is 341 Å². The van der Waals surface area contributed by atoms with Gasteiger partial charge in [0, 0.05) is 32.8 Å². The van der Waals surface area contributed by atoms with Crippen molar-refractivity contribution in [1.82, 2.24) is 14.5 Å². The summed E-state index contributed by atoms with van der Waals surface area (Å²) in [5, 5.41) is 9.67. The number of aromatic nitrogens is 3. The van der Waals surface area contributed by atoms with E-state index in [0.29, 0.717) is 0 Å². The molecule has 3 nitrogen and oxygen atoms in total. The molecule has 0 atom stereocenters. The first kappa shape index (κ1) is 33.3. The average molecular weight is 750 g/mol. The Balaban J connectivity index is 0.851. The van der Waals surface area contributed by atoms with Gasteiger partial charge in [-0.3, -0.25) is 4.98 Å². The van der Waals surface area contributed by atoms with Crippen LogP contribution in [0.4, 0.5) is 0 Å².